The minimum atomic E-state index is 0.0569. The van der Waals surface area contributed by atoms with E-state index in [-0.39, 0.29) is 5.91 Å². The summed E-state index contributed by atoms with van der Waals surface area (Å²) in [7, 11) is 0. The van der Waals surface area contributed by atoms with Gasteiger partial charge in [0.25, 0.3) is 0 Å². The molecule has 2 aromatic rings. The van der Waals surface area contributed by atoms with E-state index >= 15 is 0 Å². The zero-order valence-corrected chi connectivity index (χ0v) is 13.2. The highest BCUT2D eigenvalue weighted by Gasteiger charge is 2.16. The highest BCUT2D eigenvalue weighted by atomic mass is 16.3. The van der Waals surface area contributed by atoms with Crippen molar-refractivity contribution in [2.24, 2.45) is 0 Å². The van der Waals surface area contributed by atoms with Gasteiger partial charge in [-0.15, -0.1) is 0 Å². The SMILES string of the molecule is CCCNCCNC(=O)Cc1coc2cc3c(cc12)CCC3. The number of aryl methyl sites for hydroxylation is 2. The first-order chi connectivity index (χ1) is 10.8. The van der Waals surface area contributed by atoms with E-state index in [1.165, 1.54) is 17.5 Å². The van der Waals surface area contributed by atoms with Crippen molar-refractivity contribution in [3.05, 3.63) is 35.1 Å². The molecule has 3 rings (SSSR count). The normalized spacial score (nSPS) is 13.5. The van der Waals surface area contributed by atoms with E-state index in [0.29, 0.717) is 13.0 Å². The lowest BCUT2D eigenvalue weighted by Crippen LogP contribution is -2.32. The van der Waals surface area contributed by atoms with Crippen molar-refractivity contribution >= 4 is 16.9 Å². The Kier molecular flexibility index (Phi) is 4.78. The number of rotatable bonds is 7. The number of fused-ring (bicyclic) bond motifs is 2. The summed E-state index contributed by atoms with van der Waals surface area (Å²) >= 11 is 0. The van der Waals surface area contributed by atoms with E-state index in [0.717, 1.165) is 48.9 Å². The van der Waals surface area contributed by atoms with Gasteiger partial charge < -0.3 is 15.1 Å². The zero-order chi connectivity index (χ0) is 15.4. The average molecular weight is 300 g/mol. The predicted molar refractivity (Wildman–Crippen MR) is 88.1 cm³/mol. The van der Waals surface area contributed by atoms with Gasteiger partial charge in [-0.2, -0.15) is 0 Å². The van der Waals surface area contributed by atoms with Crippen molar-refractivity contribution in [1.82, 2.24) is 10.6 Å². The van der Waals surface area contributed by atoms with Gasteiger partial charge in [0.1, 0.15) is 5.58 Å². The molecule has 4 nitrogen and oxygen atoms in total. The first kappa shape index (κ1) is 15.1. The second kappa shape index (κ2) is 6.97. The van der Waals surface area contributed by atoms with Gasteiger partial charge in [0.15, 0.2) is 0 Å². The summed E-state index contributed by atoms with van der Waals surface area (Å²) in [5.74, 6) is 0.0569. The molecule has 118 valence electrons. The van der Waals surface area contributed by atoms with Gasteiger partial charge in [-0.25, -0.2) is 0 Å². The number of nitrogens with one attached hydrogen (secondary N) is 2. The maximum Gasteiger partial charge on any atom is 0.224 e. The Bertz CT molecular complexity index is 660. The summed E-state index contributed by atoms with van der Waals surface area (Å²) in [6.07, 6.45) is 6.74. The van der Waals surface area contributed by atoms with Crippen molar-refractivity contribution in [2.75, 3.05) is 19.6 Å². The second-order valence-electron chi connectivity index (χ2n) is 6.01. The minimum Gasteiger partial charge on any atom is -0.464 e. The van der Waals surface area contributed by atoms with Crippen molar-refractivity contribution < 1.29 is 9.21 Å². The Morgan fingerprint density at radius 3 is 2.82 bits per heavy atom. The van der Waals surface area contributed by atoms with Crippen molar-refractivity contribution in [3.63, 3.8) is 0 Å². The lowest BCUT2D eigenvalue weighted by Gasteiger charge is -2.06. The molecular weight excluding hydrogens is 276 g/mol. The van der Waals surface area contributed by atoms with Crippen LogP contribution in [0.3, 0.4) is 0 Å². The molecule has 0 bridgehead atoms. The van der Waals surface area contributed by atoms with Crippen LogP contribution in [0.2, 0.25) is 0 Å². The van der Waals surface area contributed by atoms with Crippen LogP contribution in [0.15, 0.2) is 22.8 Å². The molecule has 0 saturated carbocycles. The molecule has 0 unspecified atom stereocenters. The van der Waals surface area contributed by atoms with Gasteiger partial charge in [-0.3, -0.25) is 4.79 Å². The fraction of sp³-hybridized carbons (Fsp3) is 0.500. The van der Waals surface area contributed by atoms with Gasteiger partial charge >= 0.3 is 0 Å². The number of carbonyl (C=O) groups excluding carboxylic acids is 1. The first-order valence-corrected chi connectivity index (χ1v) is 8.27. The maximum atomic E-state index is 12.0. The van der Waals surface area contributed by atoms with E-state index in [2.05, 4.69) is 29.7 Å². The van der Waals surface area contributed by atoms with E-state index in [4.69, 9.17) is 4.42 Å². The van der Waals surface area contributed by atoms with Crippen LogP contribution >= 0.6 is 0 Å². The molecule has 1 aromatic heterocycles. The van der Waals surface area contributed by atoms with E-state index in [1.807, 2.05) is 0 Å². The van der Waals surface area contributed by atoms with Crippen molar-refractivity contribution in [3.8, 4) is 0 Å². The Hall–Kier alpha value is -1.81. The summed E-state index contributed by atoms with van der Waals surface area (Å²) < 4.78 is 5.64. The maximum absolute atomic E-state index is 12.0. The van der Waals surface area contributed by atoms with E-state index in [1.54, 1.807) is 6.26 Å². The second-order valence-corrected chi connectivity index (χ2v) is 6.01. The highest BCUT2D eigenvalue weighted by molar-refractivity contribution is 5.88. The summed E-state index contributed by atoms with van der Waals surface area (Å²) in [4.78, 5) is 12.0. The third-order valence-corrected chi connectivity index (χ3v) is 4.27. The van der Waals surface area contributed by atoms with Crippen LogP contribution in [-0.2, 0) is 24.1 Å². The Morgan fingerprint density at radius 1 is 1.18 bits per heavy atom. The smallest absolute Gasteiger partial charge is 0.224 e. The van der Waals surface area contributed by atoms with Gasteiger partial charge in [0.2, 0.25) is 5.91 Å². The fourth-order valence-corrected chi connectivity index (χ4v) is 3.11. The largest absolute Gasteiger partial charge is 0.464 e. The third kappa shape index (κ3) is 3.33. The monoisotopic (exact) mass is 300 g/mol. The van der Waals surface area contributed by atoms with Crippen LogP contribution in [-0.4, -0.2) is 25.5 Å². The van der Waals surface area contributed by atoms with E-state index in [9.17, 15) is 4.79 Å². The van der Waals surface area contributed by atoms with Gasteiger partial charge in [0, 0.05) is 24.0 Å². The molecule has 1 aliphatic rings. The number of carbonyl (C=O) groups is 1. The molecule has 1 amide bonds. The molecule has 0 radical (unpaired) electrons. The van der Waals surface area contributed by atoms with Crippen LogP contribution < -0.4 is 10.6 Å². The lowest BCUT2D eigenvalue weighted by atomic mass is 10.0. The molecule has 1 aliphatic carbocycles. The van der Waals surface area contributed by atoms with Crippen LogP contribution in [0.1, 0.15) is 36.5 Å². The summed E-state index contributed by atoms with van der Waals surface area (Å²) in [5, 5.41) is 7.32. The summed E-state index contributed by atoms with van der Waals surface area (Å²) in [5.41, 5.74) is 4.72. The number of furan rings is 1. The quantitative estimate of drug-likeness (QED) is 0.773. The van der Waals surface area contributed by atoms with Crippen LogP contribution in [0.5, 0.6) is 0 Å². The Morgan fingerprint density at radius 2 is 2.00 bits per heavy atom. The Labute approximate surface area is 131 Å². The average Bonchev–Trinajstić information content (AvgIpc) is 3.12. The Balaban J connectivity index is 1.60. The molecule has 4 heteroatoms. The molecule has 0 atom stereocenters. The number of hydrogen-bond acceptors (Lipinski definition) is 3. The molecule has 22 heavy (non-hydrogen) atoms. The lowest BCUT2D eigenvalue weighted by molar-refractivity contribution is -0.120. The van der Waals surface area contributed by atoms with Gasteiger partial charge in [0.05, 0.1) is 12.7 Å². The third-order valence-electron chi connectivity index (χ3n) is 4.27. The molecule has 0 spiro atoms. The number of benzene rings is 1. The molecule has 2 N–H and O–H groups in total. The zero-order valence-electron chi connectivity index (χ0n) is 13.2. The topological polar surface area (TPSA) is 54.3 Å². The molecule has 0 saturated heterocycles. The molecule has 1 heterocycles. The fourth-order valence-electron chi connectivity index (χ4n) is 3.11. The molecule has 0 fully saturated rings. The van der Waals surface area contributed by atoms with Crippen LogP contribution in [0.4, 0.5) is 0 Å². The van der Waals surface area contributed by atoms with Crippen LogP contribution in [0, 0.1) is 0 Å². The van der Waals surface area contributed by atoms with Crippen molar-refractivity contribution in [2.45, 2.75) is 39.0 Å². The molecule has 1 aromatic carbocycles. The summed E-state index contributed by atoms with van der Waals surface area (Å²) in [6, 6.07) is 4.36. The highest BCUT2D eigenvalue weighted by Crippen LogP contribution is 2.30. The minimum absolute atomic E-state index is 0.0569. The standard InChI is InChI=1S/C18H24N2O2/c1-2-6-19-7-8-20-18(21)11-15-12-22-17-10-14-5-3-4-13(14)9-16(15)17/h9-10,12,19H,2-8,11H2,1H3,(H,20,21). The van der Waals surface area contributed by atoms with Gasteiger partial charge in [-0.05, 0) is 55.5 Å². The van der Waals surface area contributed by atoms with Gasteiger partial charge in [-0.1, -0.05) is 6.92 Å². The van der Waals surface area contributed by atoms with E-state index < -0.39 is 0 Å². The predicted octanol–water partition coefficient (Wildman–Crippen LogP) is 2.58. The number of amides is 1. The molecule has 0 aliphatic heterocycles. The van der Waals surface area contributed by atoms with Crippen LogP contribution in [0.25, 0.3) is 11.0 Å². The summed E-state index contributed by atoms with van der Waals surface area (Å²) in [6.45, 7) is 4.61. The first-order valence-electron chi connectivity index (χ1n) is 8.27. The van der Waals surface area contributed by atoms with Crippen molar-refractivity contribution in [1.29, 1.82) is 0 Å². The molecular formula is C18H24N2O2. The number of hydrogen-bond donors (Lipinski definition) is 2.